The van der Waals surface area contributed by atoms with E-state index >= 15 is 0 Å². The maximum Gasteiger partial charge on any atom is 0.347 e. The van der Waals surface area contributed by atoms with Gasteiger partial charge in [0.1, 0.15) is 0 Å². The van der Waals surface area contributed by atoms with E-state index in [1.807, 2.05) is 0 Å². The molecular weight excluding hydrogens is 214 g/mol. The van der Waals surface area contributed by atoms with E-state index in [1.165, 1.54) is 19.3 Å². The molecule has 1 N–H and O–H groups in total. The number of amides is 2. The molecule has 0 aromatic rings. The molecule has 0 aromatic carbocycles. The summed E-state index contributed by atoms with van der Waals surface area (Å²) in [5.41, 5.74) is 0.761. The minimum atomic E-state index is -0.285. The van der Waals surface area contributed by atoms with Crippen molar-refractivity contribution in [2.45, 2.75) is 19.3 Å². The third-order valence-electron chi connectivity index (χ3n) is 2.63. The lowest BCUT2D eigenvalue weighted by Gasteiger charge is -2.28. The van der Waals surface area contributed by atoms with Crippen LogP contribution in [0.2, 0.25) is 0 Å². The Balaban J connectivity index is 2.14. The first-order valence-corrected chi connectivity index (χ1v) is 5.76. The zero-order valence-corrected chi connectivity index (χ0v) is 9.26. The number of hydrogen-bond acceptors (Lipinski definition) is 2. The normalized spacial score (nSPS) is 24.3. The van der Waals surface area contributed by atoms with Crippen LogP contribution in [0.15, 0.2) is 16.8 Å². The summed E-state index contributed by atoms with van der Waals surface area (Å²) in [6.07, 6.45) is 5.39. The van der Waals surface area contributed by atoms with E-state index in [2.05, 4.69) is 15.2 Å². The van der Waals surface area contributed by atoms with E-state index in [1.54, 1.807) is 6.08 Å². The Morgan fingerprint density at radius 3 is 2.80 bits per heavy atom. The van der Waals surface area contributed by atoms with Gasteiger partial charge in [0.25, 0.3) is 0 Å². The summed E-state index contributed by atoms with van der Waals surface area (Å²) >= 11 is 5.63. The van der Waals surface area contributed by atoms with Gasteiger partial charge >= 0.3 is 6.03 Å². The number of nitrogens with one attached hydrogen (secondary N) is 1. The number of amidine groups is 1. The van der Waals surface area contributed by atoms with Gasteiger partial charge in [0.05, 0.1) is 5.70 Å². The maximum atomic E-state index is 11.2. The SMILES string of the molecule is O=C1N=C(N2CCCCC2)C(=CCCl)N1. The zero-order chi connectivity index (χ0) is 10.7. The molecule has 1 saturated heterocycles. The molecule has 0 saturated carbocycles. The number of carbonyl (C=O) groups is 1. The lowest BCUT2D eigenvalue weighted by atomic mass is 10.1. The molecule has 2 aliphatic heterocycles. The molecule has 82 valence electrons. The van der Waals surface area contributed by atoms with Crippen molar-refractivity contribution in [1.82, 2.24) is 10.2 Å². The lowest BCUT2D eigenvalue weighted by Crippen LogP contribution is -2.36. The van der Waals surface area contributed by atoms with Gasteiger partial charge in [0, 0.05) is 19.0 Å². The highest BCUT2D eigenvalue weighted by molar-refractivity contribution is 6.20. The van der Waals surface area contributed by atoms with Crippen molar-refractivity contribution in [3.05, 3.63) is 11.8 Å². The molecule has 1 fully saturated rings. The summed E-state index contributed by atoms with van der Waals surface area (Å²) in [7, 11) is 0. The van der Waals surface area contributed by atoms with Crippen LogP contribution in [0.3, 0.4) is 0 Å². The Morgan fingerprint density at radius 2 is 2.13 bits per heavy atom. The average molecular weight is 228 g/mol. The minimum absolute atomic E-state index is 0.285. The second-order valence-electron chi connectivity index (χ2n) is 3.69. The second-order valence-corrected chi connectivity index (χ2v) is 3.99. The smallest absolute Gasteiger partial charge is 0.347 e. The van der Waals surface area contributed by atoms with Gasteiger partial charge in [-0.25, -0.2) is 4.79 Å². The molecule has 0 unspecified atom stereocenters. The Labute approximate surface area is 94.0 Å². The molecule has 0 atom stereocenters. The van der Waals surface area contributed by atoms with E-state index in [4.69, 9.17) is 11.6 Å². The van der Waals surface area contributed by atoms with Crippen molar-refractivity contribution < 1.29 is 4.79 Å². The van der Waals surface area contributed by atoms with Crippen LogP contribution < -0.4 is 5.32 Å². The van der Waals surface area contributed by atoms with Gasteiger partial charge in [0.15, 0.2) is 5.84 Å². The molecule has 2 heterocycles. The van der Waals surface area contributed by atoms with E-state index in [0.717, 1.165) is 24.6 Å². The number of halogens is 1. The molecule has 4 nitrogen and oxygen atoms in total. The van der Waals surface area contributed by atoms with Crippen molar-refractivity contribution >= 4 is 23.5 Å². The summed E-state index contributed by atoms with van der Waals surface area (Å²) in [6, 6.07) is -0.285. The predicted octanol–water partition coefficient (Wildman–Crippen LogP) is 1.72. The number of carbonyl (C=O) groups excluding carboxylic acids is 1. The van der Waals surface area contributed by atoms with E-state index in [-0.39, 0.29) is 6.03 Å². The molecular formula is C10H14ClN3O. The quantitative estimate of drug-likeness (QED) is 0.694. The summed E-state index contributed by atoms with van der Waals surface area (Å²) in [5.74, 6) is 1.16. The number of piperidine rings is 1. The standard InChI is InChI=1S/C10H14ClN3O/c11-5-4-8-9(13-10(15)12-8)14-6-2-1-3-7-14/h4H,1-3,5-7H2,(H,12,15). The highest BCUT2D eigenvalue weighted by Gasteiger charge is 2.25. The van der Waals surface area contributed by atoms with Crippen LogP contribution in [0.1, 0.15) is 19.3 Å². The Morgan fingerprint density at radius 1 is 1.40 bits per heavy atom. The van der Waals surface area contributed by atoms with E-state index < -0.39 is 0 Å². The maximum absolute atomic E-state index is 11.2. The molecule has 2 amide bonds. The van der Waals surface area contributed by atoms with Crippen LogP contribution in [-0.2, 0) is 0 Å². The third-order valence-corrected chi connectivity index (χ3v) is 2.78. The first-order valence-electron chi connectivity index (χ1n) is 5.22. The molecule has 0 aliphatic carbocycles. The van der Waals surface area contributed by atoms with Crippen molar-refractivity contribution in [2.24, 2.45) is 4.99 Å². The lowest BCUT2D eigenvalue weighted by molar-refractivity contribution is 0.253. The second kappa shape index (κ2) is 4.66. The fourth-order valence-electron chi connectivity index (χ4n) is 1.92. The third kappa shape index (κ3) is 2.31. The minimum Gasteiger partial charge on any atom is -0.355 e. The average Bonchev–Trinajstić information content (AvgIpc) is 2.62. The highest BCUT2D eigenvalue weighted by Crippen LogP contribution is 2.15. The van der Waals surface area contributed by atoms with E-state index in [9.17, 15) is 4.79 Å². The molecule has 5 heteroatoms. The van der Waals surface area contributed by atoms with Gasteiger partial charge in [-0.2, -0.15) is 4.99 Å². The molecule has 15 heavy (non-hydrogen) atoms. The van der Waals surface area contributed by atoms with E-state index in [0.29, 0.717) is 5.88 Å². The Kier molecular flexibility index (Phi) is 3.26. The summed E-state index contributed by atoms with van der Waals surface area (Å²) in [6.45, 7) is 1.96. The molecule has 0 radical (unpaired) electrons. The van der Waals surface area contributed by atoms with Gasteiger partial charge in [-0.3, -0.25) is 0 Å². The number of allylic oxidation sites excluding steroid dienone is 1. The van der Waals surface area contributed by atoms with Crippen molar-refractivity contribution in [2.75, 3.05) is 19.0 Å². The number of aliphatic imine (C=N–C) groups is 1. The number of alkyl halides is 1. The number of rotatable bonds is 1. The molecule has 2 aliphatic rings. The Bertz CT molecular complexity index is 319. The Hall–Kier alpha value is -1.03. The first kappa shape index (κ1) is 10.5. The summed E-state index contributed by atoms with van der Waals surface area (Å²) < 4.78 is 0. The topological polar surface area (TPSA) is 44.7 Å². The fraction of sp³-hybridized carbons (Fsp3) is 0.600. The molecule has 0 spiro atoms. The summed E-state index contributed by atoms with van der Waals surface area (Å²) in [4.78, 5) is 17.3. The first-order chi connectivity index (χ1) is 7.31. The van der Waals surface area contributed by atoms with Gasteiger partial charge in [-0.1, -0.05) is 0 Å². The molecule has 2 rings (SSSR count). The fourth-order valence-corrected chi connectivity index (χ4v) is 2.08. The van der Waals surface area contributed by atoms with Crippen molar-refractivity contribution in [3.8, 4) is 0 Å². The van der Waals surface area contributed by atoms with Crippen LogP contribution in [0.25, 0.3) is 0 Å². The largest absolute Gasteiger partial charge is 0.355 e. The van der Waals surface area contributed by atoms with Gasteiger partial charge in [-0.05, 0) is 25.3 Å². The molecule has 0 aromatic heterocycles. The zero-order valence-electron chi connectivity index (χ0n) is 8.50. The number of nitrogens with zero attached hydrogens (tertiary/aromatic N) is 2. The number of urea groups is 1. The van der Waals surface area contributed by atoms with Gasteiger partial charge in [-0.15, -0.1) is 11.6 Å². The predicted molar refractivity (Wildman–Crippen MR) is 60.2 cm³/mol. The van der Waals surface area contributed by atoms with Crippen LogP contribution >= 0.6 is 11.6 Å². The van der Waals surface area contributed by atoms with Gasteiger partial charge in [0.2, 0.25) is 0 Å². The van der Waals surface area contributed by atoms with Crippen LogP contribution in [-0.4, -0.2) is 35.7 Å². The van der Waals surface area contributed by atoms with Crippen LogP contribution in [0, 0.1) is 0 Å². The number of hydrogen-bond donors (Lipinski definition) is 1. The molecule has 0 bridgehead atoms. The summed E-state index contributed by atoms with van der Waals surface area (Å²) in [5, 5.41) is 2.69. The van der Waals surface area contributed by atoms with Crippen molar-refractivity contribution in [3.63, 3.8) is 0 Å². The van der Waals surface area contributed by atoms with Gasteiger partial charge < -0.3 is 10.2 Å². The number of likely N-dealkylation sites (tertiary alicyclic amines) is 1. The highest BCUT2D eigenvalue weighted by atomic mass is 35.5. The van der Waals surface area contributed by atoms with Crippen LogP contribution in [0.4, 0.5) is 4.79 Å². The monoisotopic (exact) mass is 227 g/mol. The van der Waals surface area contributed by atoms with Crippen LogP contribution in [0.5, 0.6) is 0 Å². The van der Waals surface area contributed by atoms with Crippen molar-refractivity contribution in [1.29, 1.82) is 0 Å².